The number of hydrogen-bond donors (Lipinski definition) is 2. The van der Waals surface area contributed by atoms with Crippen LogP contribution in [0.25, 0.3) is 0 Å². The van der Waals surface area contributed by atoms with Gasteiger partial charge in [-0.05, 0) is 32.2 Å². The van der Waals surface area contributed by atoms with Gasteiger partial charge in [-0.25, -0.2) is 0 Å². The summed E-state index contributed by atoms with van der Waals surface area (Å²) >= 11 is 1.76. The number of thiophene rings is 1. The van der Waals surface area contributed by atoms with E-state index in [0.29, 0.717) is 12.1 Å². The van der Waals surface area contributed by atoms with Gasteiger partial charge in [0.2, 0.25) is 0 Å². The molecule has 1 aromatic rings. The Hall–Kier alpha value is -0.380. The molecule has 5 nitrogen and oxygen atoms in total. The Balaban J connectivity index is 0.00000264. The Morgan fingerprint density at radius 3 is 2.91 bits per heavy atom. The first kappa shape index (κ1) is 20.7. The van der Waals surface area contributed by atoms with Crippen molar-refractivity contribution in [2.24, 2.45) is 4.99 Å². The van der Waals surface area contributed by atoms with Gasteiger partial charge in [-0.15, -0.1) is 35.3 Å². The van der Waals surface area contributed by atoms with Crippen molar-refractivity contribution in [3.63, 3.8) is 0 Å². The summed E-state index contributed by atoms with van der Waals surface area (Å²) in [6.07, 6.45) is 0. The van der Waals surface area contributed by atoms with Crippen molar-refractivity contribution < 1.29 is 4.74 Å². The van der Waals surface area contributed by atoms with Gasteiger partial charge in [0.05, 0.1) is 19.3 Å². The zero-order valence-electron chi connectivity index (χ0n) is 14.4. The molecule has 1 fully saturated rings. The Morgan fingerprint density at radius 2 is 2.30 bits per heavy atom. The maximum atomic E-state index is 5.51. The molecule has 2 rings (SSSR count). The normalized spacial score (nSPS) is 22.1. The molecule has 1 saturated heterocycles. The van der Waals surface area contributed by atoms with Crippen LogP contribution in [0.2, 0.25) is 0 Å². The van der Waals surface area contributed by atoms with Crippen LogP contribution in [-0.2, 0) is 4.74 Å². The molecule has 132 valence electrons. The highest BCUT2D eigenvalue weighted by Crippen LogP contribution is 2.17. The van der Waals surface area contributed by atoms with E-state index in [9.17, 15) is 0 Å². The van der Waals surface area contributed by atoms with Crippen molar-refractivity contribution in [3.8, 4) is 0 Å². The SMILES string of the molecule is CN=C(NCC(C)N1CCOCC1C)NC(C)c1cccs1.I. The number of nitrogens with one attached hydrogen (secondary N) is 2. The molecule has 0 saturated carbocycles. The first-order chi connectivity index (χ1) is 10.6. The summed E-state index contributed by atoms with van der Waals surface area (Å²) in [4.78, 5) is 8.14. The van der Waals surface area contributed by atoms with Gasteiger partial charge >= 0.3 is 0 Å². The van der Waals surface area contributed by atoms with Gasteiger partial charge in [0.25, 0.3) is 0 Å². The average molecular weight is 452 g/mol. The van der Waals surface area contributed by atoms with Gasteiger partial charge in [0, 0.05) is 37.1 Å². The van der Waals surface area contributed by atoms with E-state index in [1.54, 1.807) is 11.3 Å². The van der Waals surface area contributed by atoms with Crippen molar-refractivity contribution in [2.75, 3.05) is 33.4 Å². The molecule has 0 aliphatic carbocycles. The Bertz CT molecular complexity index is 469. The van der Waals surface area contributed by atoms with Crippen molar-refractivity contribution in [1.29, 1.82) is 0 Å². The van der Waals surface area contributed by atoms with E-state index >= 15 is 0 Å². The number of hydrogen-bond acceptors (Lipinski definition) is 4. The Labute approximate surface area is 160 Å². The molecule has 0 radical (unpaired) electrons. The fourth-order valence-corrected chi connectivity index (χ4v) is 3.50. The molecular formula is C16H29IN4OS. The molecule has 2 heterocycles. The van der Waals surface area contributed by atoms with Crippen molar-refractivity contribution in [1.82, 2.24) is 15.5 Å². The molecule has 3 unspecified atom stereocenters. The van der Waals surface area contributed by atoms with E-state index in [0.717, 1.165) is 32.3 Å². The van der Waals surface area contributed by atoms with Crippen LogP contribution >= 0.6 is 35.3 Å². The standard InChI is InChI=1S/C16H28N4OS.HI/c1-12(20-7-8-21-11-13(20)2)10-18-16(17-4)19-14(3)15-6-5-9-22-15;/h5-6,9,12-14H,7-8,10-11H2,1-4H3,(H2,17,18,19);1H. The highest BCUT2D eigenvalue weighted by molar-refractivity contribution is 14.0. The molecule has 2 N–H and O–H groups in total. The van der Waals surface area contributed by atoms with Crippen LogP contribution < -0.4 is 10.6 Å². The van der Waals surface area contributed by atoms with Crippen LogP contribution in [0.3, 0.4) is 0 Å². The average Bonchev–Trinajstić information content (AvgIpc) is 3.05. The maximum absolute atomic E-state index is 5.51. The minimum absolute atomic E-state index is 0. The summed E-state index contributed by atoms with van der Waals surface area (Å²) in [5, 5.41) is 8.99. The Kier molecular flexibility index (Phi) is 9.41. The third-order valence-electron chi connectivity index (χ3n) is 4.10. The number of guanidine groups is 1. The van der Waals surface area contributed by atoms with Gasteiger partial charge in [-0.1, -0.05) is 6.07 Å². The smallest absolute Gasteiger partial charge is 0.191 e. The second-order valence-electron chi connectivity index (χ2n) is 5.85. The molecule has 1 aliphatic heterocycles. The summed E-state index contributed by atoms with van der Waals surface area (Å²) in [7, 11) is 1.82. The predicted octanol–water partition coefficient (Wildman–Crippen LogP) is 2.70. The van der Waals surface area contributed by atoms with E-state index < -0.39 is 0 Å². The van der Waals surface area contributed by atoms with Crippen LogP contribution in [-0.4, -0.2) is 56.3 Å². The second kappa shape index (κ2) is 10.5. The first-order valence-electron chi connectivity index (χ1n) is 7.96. The lowest BCUT2D eigenvalue weighted by atomic mass is 10.2. The number of ether oxygens (including phenoxy) is 1. The van der Waals surface area contributed by atoms with Gasteiger partial charge < -0.3 is 15.4 Å². The fraction of sp³-hybridized carbons (Fsp3) is 0.688. The van der Waals surface area contributed by atoms with Crippen molar-refractivity contribution in [2.45, 2.75) is 38.9 Å². The van der Waals surface area contributed by atoms with Crippen LogP contribution in [0, 0.1) is 0 Å². The summed E-state index contributed by atoms with van der Waals surface area (Å²) in [5.41, 5.74) is 0. The van der Waals surface area contributed by atoms with Crippen LogP contribution in [0.1, 0.15) is 31.7 Å². The third-order valence-corrected chi connectivity index (χ3v) is 5.15. The third kappa shape index (κ3) is 6.21. The lowest BCUT2D eigenvalue weighted by Crippen LogP contribution is -2.53. The number of morpholine rings is 1. The van der Waals surface area contributed by atoms with E-state index in [2.05, 4.69) is 58.8 Å². The monoisotopic (exact) mass is 452 g/mol. The molecule has 0 spiro atoms. The predicted molar refractivity (Wildman–Crippen MR) is 109 cm³/mol. The van der Waals surface area contributed by atoms with E-state index in [4.69, 9.17) is 4.74 Å². The molecule has 3 atom stereocenters. The van der Waals surface area contributed by atoms with Crippen LogP contribution in [0.4, 0.5) is 0 Å². The van der Waals surface area contributed by atoms with Gasteiger partial charge in [0.1, 0.15) is 0 Å². The lowest BCUT2D eigenvalue weighted by Gasteiger charge is -2.38. The van der Waals surface area contributed by atoms with Crippen molar-refractivity contribution >= 4 is 41.3 Å². The molecular weight excluding hydrogens is 423 g/mol. The largest absolute Gasteiger partial charge is 0.379 e. The molecule has 1 aromatic heterocycles. The lowest BCUT2D eigenvalue weighted by molar-refractivity contribution is -0.0174. The summed E-state index contributed by atoms with van der Waals surface area (Å²) in [5.74, 6) is 0.855. The molecule has 7 heteroatoms. The Morgan fingerprint density at radius 1 is 1.52 bits per heavy atom. The number of nitrogens with zero attached hydrogens (tertiary/aromatic N) is 2. The van der Waals surface area contributed by atoms with Crippen LogP contribution in [0.15, 0.2) is 22.5 Å². The van der Waals surface area contributed by atoms with Gasteiger partial charge in [-0.2, -0.15) is 0 Å². The number of halogens is 1. The molecule has 23 heavy (non-hydrogen) atoms. The number of rotatable bonds is 5. The maximum Gasteiger partial charge on any atom is 0.191 e. The highest BCUT2D eigenvalue weighted by atomic mass is 127. The molecule has 0 aromatic carbocycles. The second-order valence-corrected chi connectivity index (χ2v) is 6.82. The molecule has 0 bridgehead atoms. The quantitative estimate of drug-likeness (QED) is 0.410. The highest BCUT2D eigenvalue weighted by Gasteiger charge is 2.23. The van der Waals surface area contributed by atoms with Crippen molar-refractivity contribution in [3.05, 3.63) is 22.4 Å². The van der Waals surface area contributed by atoms with E-state index in [1.165, 1.54) is 4.88 Å². The zero-order valence-corrected chi connectivity index (χ0v) is 17.6. The topological polar surface area (TPSA) is 48.9 Å². The zero-order chi connectivity index (χ0) is 15.9. The van der Waals surface area contributed by atoms with Gasteiger partial charge in [0.15, 0.2) is 5.96 Å². The van der Waals surface area contributed by atoms with E-state index in [1.807, 2.05) is 7.05 Å². The summed E-state index contributed by atoms with van der Waals surface area (Å²) in [6.45, 7) is 10.2. The molecule has 0 amide bonds. The minimum atomic E-state index is 0. The fourth-order valence-electron chi connectivity index (χ4n) is 2.76. The van der Waals surface area contributed by atoms with E-state index in [-0.39, 0.29) is 30.0 Å². The first-order valence-corrected chi connectivity index (χ1v) is 8.84. The molecule has 1 aliphatic rings. The minimum Gasteiger partial charge on any atom is -0.379 e. The summed E-state index contributed by atoms with van der Waals surface area (Å²) < 4.78 is 5.51. The summed E-state index contributed by atoms with van der Waals surface area (Å²) in [6, 6.07) is 5.42. The van der Waals surface area contributed by atoms with Gasteiger partial charge in [-0.3, -0.25) is 9.89 Å². The van der Waals surface area contributed by atoms with Crippen LogP contribution in [0.5, 0.6) is 0 Å². The number of aliphatic imine (C=N–C) groups is 1.